The Balaban J connectivity index is 2.00. The first-order valence-electron chi connectivity index (χ1n) is 9.53. The maximum absolute atomic E-state index is 11.7. The molecule has 2 heterocycles. The summed E-state index contributed by atoms with van der Waals surface area (Å²) in [7, 11) is 0. The predicted octanol–water partition coefficient (Wildman–Crippen LogP) is 2.54. The molecule has 1 N–H and O–H groups in total. The van der Waals surface area contributed by atoms with Gasteiger partial charge in [-0.2, -0.15) is 0 Å². The Hall–Kier alpha value is -2.88. The van der Waals surface area contributed by atoms with Crippen LogP contribution in [0, 0.1) is 10.1 Å². The van der Waals surface area contributed by atoms with Gasteiger partial charge in [-0.05, 0) is 36.7 Å². The number of carbonyl (C=O) groups is 1. The fourth-order valence-corrected chi connectivity index (χ4v) is 3.93. The van der Waals surface area contributed by atoms with Crippen LogP contribution in [-0.4, -0.2) is 39.2 Å². The molecule has 1 fully saturated rings. The van der Waals surface area contributed by atoms with Crippen molar-refractivity contribution in [2.75, 3.05) is 18.0 Å². The highest BCUT2D eigenvalue weighted by atomic mass is 32.2. The van der Waals surface area contributed by atoms with Gasteiger partial charge in [0, 0.05) is 47.8 Å². The second-order valence-electron chi connectivity index (χ2n) is 6.72. The zero-order valence-electron chi connectivity index (χ0n) is 16.1. The maximum Gasteiger partial charge on any atom is 0.270 e. The predicted molar refractivity (Wildman–Crippen MR) is 108 cm³/mol. The number of rotatable bonds is 7. The largest absolute Gasteiger partial charge is 0.544 e. The molecule has 0 atom stereocenters. The fourth-order valence-electron chi connectivity index (χ4n) is 3.22. The number of non-ortho nitro benzene ring substituents is 1. The molecule has 0 aliphatic carbocycles. The molecule has 1 aliphatic rings. The molecule has 0 unspecified atom stereocenters. The molecule has 0 amide bonds. The number of anilines is 1. The van der Waals surface area contributed by atoms with E-state index in [4.69, 9.17) is 0 Å². The van der Waals surface area contributed by atoms with Gasteiger partial charge in [0.2, 0.25) is 5.16 Å². The Kier molecular flexibility index (Phi) is 6.86. The summed E-state index contributed by atoms with van der Waals surface area (Å²) in [6.07, 6.45) is 6.38. The number of hydrogen-bond donors (Lipinski definition) is 1. The Morgan fingerprint density at radius 3 is 2.62 bits per heavy atom. The Labute approximate surface area is 172 Å². The van der Waals surface area contributed by atoms with Crippen molar-refractivity contribution in [1.82, 2.24) is 15.2 Å². The van der Waals surface area contributed by atoms with E-state index in [1.807, 2.05) is 6.92 Å². The lowest BCUT2D eigenvalue weighted by Gasteiger charge is -2.25. The summed E-state index contributed by atoms with van der Waals surface area (Å²) in [5.74, 6) is -0.739. The van der Waals surface area contributed by atoms with Crippen molar-refractivity contribution in [3.05, 3.63) is 44.6 Å². The SMILES string of the molecule is CCc1nc(S/C(=C/c2cc([N+](=O)[O-])ccc2N2CCCCCC2)C(=O)[O-])n[nH]1. The first-order chi connectivity index (χ1) is 14.0. The quantitative estimate of drug-likeness (QED) is 0.316. The highest BCUT2D eigenvalue weighted by molar-refractivity contribution is 8.04. The van der Waals surface area contributed by atoms with Crippen molar-refractivity contribution in [1.29, 1.82) is 0 Å². The lowest BCUT2D eigenvalue weighted by Crippen LogP contribution is -2.25. The van der Waals surface area contributed by atoms with Crippen molar-refractivity contribution < 1.29 is 14.8 Å². The number of H-pyrrole nitrogens is 1. The van der Waals surface area contributed by atoms with Gasteiger partial charge in [0.25, 0.3) is 5.69 Å². The number of nitrogens with zero attached hydrogens (tertiary/aromatic N) is 4. The van der Waals surface area contributed by atoms with Crippen molar-refractivity contribution in [3.63, 3.8) is 0 Å². The van der Waals surface area contributed by atoms with E-state index in [0.29, 0.717) is 17.8 Å². The van der Waals surface area contributed by atoms with Crippen LogP contribution in [0.15, 0.2) is 28.3 Å². The molecule has 1 saturated heterocycles. The minimum atomic E-state index is -1.38. The Morgan fingerprint density at radius 2 is 2.03 bits per heavy atom. The fraction of sp³-hybridized carbons (Fsp3) is 0.421. The van der Waals surface area contributed by atoms with E-state index >= 15 is 0 Å². The van der Waals surface area contributed by atoms with Crippen molar-refractivity contribution in [2.45, 2.75) is 44.2 Å². The summed E-state index contributed by atoms with van der Waals surface area (Å²) >= 11 is 0.859. The van der Waals surface area contributed by atoms with Crippen molar-refractivity contribution in [2.24, 2.45) is 0 Å². The normalized spacial score (nSPS) is 15.2. The van der Waals surface area contributed by atoms with Gasteiger partial charge < -0.3 is 14.8 Å². The number of nitro benzene ring substituents is 1. The van der Waals surface area contributed by atoms with Gasteiger partial charge in [0.15, 0.2) is 0 Å². The van der Waals surface area contributed by atoms with E-state index in [1.54, 1.807) is 6.07 Å². The van der Waals surface area contributed by atoms with Gasteiger partial charge in [-0.1, -0.05) is 19.8 Å². The van der Waals surface area contributed by atoms with E-state index in [0.717, 1.165) is 56.2 Å². The molecule has 3 rings (SSSR count). The summed E-state index contributed by atoms with van der Waals surface area (Å²) in [5.41, 5.74) is 1.16. The Morgan fingerprint density at radius 1 is 1.31 bits per heavy atom. The minimum Gasteiger partial charge on any atom is -0.544 e. The van der Waals surface area contributed by atoms with Crippen LogP contribution in [0.2, 0.25) is 0 Å². The van der Waals surface area contributed by atoms with Crippen molar-refractivity contribution >= 4 is 35.2 Å². The van der Waals surface area contributed by atoms with Crippen molar-refractivity contribution in [3.8, 4) is 0 Å². The summed E-state index contributed by atoms with van der Waals surface area (Å²) in [6.45, 7) is 3.56. The van der Waals surface area contributed by atoms with Crippen LogP contribution in [-0.2, 0) is 11.2 Å². The average Bonchev–Trinajstić information content (AvgIpc) is 2.99. The van der Waals surface area contributed by atoms with Crippen LogP contribution >= 0.6 is 11.8 Å². The molecular formula is C19H22N5O4S-. The standard InChI is InChI=1S/C19H23N5O4S/c1-2-17-20-19(22-21-17)29-16(18(25)26)12-13-11-14(24(27)28)7-8-15(13)23-9-5-3-4-6-10-23/h7-8,11-12H,2-6,9-10H2,1H3,(H,25,26)(H,20,21,22)/p-1/b16-12+. The van der Waals surface area contributed by atoms with Gasteiger partial charge in [0.1, 0.15) is 5.82 Å². The molecule has 0 radical (unpaired) electrons. The second-order valence-corrected chi connectivity index (χ2v) is 7.73. The topological polar surface area (TPSA) is 128 Å². The lowest BCUT2D eigenvalue weighted by molar-refractivity contribution is -0.384. The summed E-state index contributed by atoms with van der Waals surface area (Å²) in [6, 6.07) is 4.54. The number of nitrogens with one attached hydrogen (secondary N) is 1. The summed E-state index contributed by atoms with van der Waals surface area (Å²) < 4.78 is 0. The van der Waals surface area contributed by atoms with Crippen LogP contribution in [0.3, 0.4) is 0 Å². The maximum atomic E-state index is 11.7. The molecule has 154 valence electrons. The number of carboxylic acids is 1. The number of nitro groups is 1. The third kappa shape index (κ3) is 5.35. The molecule has 0 bridgehead atoms. The molecule has 29 heavy (non-hydrogen) atoms. The van der Waals surface area contributed by atoms with Crippen LogP contribution in [0.5, 0.6) is 0 Å². The van der Waals surface area contributed by atoms with Crippen LogP contribution in [0.4, 0.5) is 11.4 Å². The van der Waals surface area contributed by atoms with E-state index < -0.39 is 10.9 Å². The molecule has 9 nitrogen and oxygen atoms in total. The molecule has 1 aliphatic heterocycles. The highest BCUT2D eigenvalue weighted by Gasteiger charge is 2.18. The van der Waals surface area contributed by atoms with Gasteiger partial charge >= 0.3 is 0 Å². The number of aliphatic carboxylic acids is 1. The van der Waals surface area contributed by atoms with E-state index in [9.17, 15) is 20.0 Å². The third-order valence-corrected chi connectivity index (χ3v) is 5.57. The average molecular weight is 416 g/mol. The number of carbonyl (C=O) groups excluding carboxylic acids is 1. The number of aryl methyl sites for hydroxylation is 1. The smallest absolute Gasteiger partial charge is 0.270 e. The zero-order valence-corrected chi connectivity index (χ0v) is 16.9. The zero-order chi connectivity index (χ0) is 20.8. The first kappa shape index (κ1) is 20.8. The number of benzene rings is 1. The summed E-state index contributed by atoms with van der Waals surface area (Å²) in [5, 5.41) is 30.0. The highest BCUT2D eigenvalue weighted by Crippen LogP contribution is 2.32. The van der Waals surface area contributed by atoms with Crippen LogP contribution in [0.1, 0.15) is 44.0 Å². The molecule has 2 aromatic rings. The van der Waals surface area contributed by atoms with Gasteiger partial charge in [-0.25, -0.2) is 4.98 Å². The molecule has 10 heteroatoms. The van der Waals surface area contributed by atoms with E-state index in [2.05, 4.69) is 20.1 Å². The second kappa shape index (κ2) is 9.55. The monoisotopic (exact) mass is 416 g/mol. The number of thioether (sulfide) groups is 1. The number of carboxylic acid groups (broad SMARTS) is 1. The number of aromatic amines is 1. The number of aromatic nitrogens is 3. The number of hydrogen-bond acceptors (Lipinski definition) is 8. The third-order valence-electron chi connectivity index (χ3n) is 4.70. The molecule has 0 saturated carbocycles. The van der Waals surface area contributed by atoms with Crippen LogP contribution in [0.25, 0.3) is 6.08 Å². The van der Waals surface area contributed by atoms with Gasteiger partial charge in [0.05, 0.1) is 10.9 Å². The molecule has 0 spiro atoms. The van der Waals surface area contributed by atoms with E-state index in [-0.39, 0.29) is 15.7 Å². The molecular weight excluding hydrogens is 394 g/mol. The minimum absolute atomic E-state index is 0.0938. The lowest BCUT2D eigenvalue weighted by atomic mass is 10.1. The molecule has 1 aromatic heterocycles. The van der Waals surface area contributed by atoms with E-state index in [1.165, 1.54) is 18.2 Å². The van der Waals surface area contributed by atoms with Gasteiger partial charge in [-0.3, -0.25) is 15.2 Å². The van der Waals surface area contributed by atoms with Gasteiger partial charge in [-0.15, -0.1) is 5.10 Å². The Bertz CT molecular complexity index is 919. The molecule has 1 aromatic carbocycles. The first-order valence-corrected chi connectivity index (χ1v) is 10.3. The summed E-state index contributed by atoms with van der Waals surface area (Å²) in [4.78, 5) is 28.8. The van der Waals surface area contributed by atoms with Crippen LogP contribution < -0.4 is 10.0 Å².